The van der Waals surface area contributed by atoms with Crippen molar-refractivity contribution < 1.29 is 22.7 Å². The van der Waals surface area contributed by atoms with Crippen LogP contribution in [0.4, 0.5) is 4.39 Å². The Labute approximate surface area is 173 Å². The molecule has 8 heteroatoms. The lowest BCUT2D eigenvalue weighted by molar-refractivity contribution is 0.0484. The van der Waals surface area contributed by atoms with Gasteiger partial charge in [-0.05, 0) is 59.3 Å². The zero-order chi connectivity index (χ0) is 20.3. The van der Waals surface area contributed by atoms with Crippen LogP contribution >= 0.6 is 15.9 Å². The number of halogens is 2. The van der Waals surface area contributed by atoms with Crippen LogP contribution in [0.2, 0.25) is 0 Å². The Hall–Kier alpha value is -1.48. The molecule has 2 atom stereocenters. The SMILES string of the molecule is COc1cc(Br)c(F)cc1S(=O)(=O)N1CCCC(O)C1CCc1ccccc1. The third-order valence-corrected chi connectivity index (χ3v) is 7.61. The second-order valence-electron chi connectivity index (χ2n) is 6.83. The van der Waals surface area contributed by atoms with E-state index in [0.717, 1.165) is 11.6 Å². The molecule has 0 radical (unpaired) electrons. The van der Waals surface area contributed by atoms with Gasteiger partial charge in [-0.3, -0.25) is 0 Å². The summed E-state index contributed by atoms with van der Waals surface area (Å²) >= 11 is 3.05. The van der Waals surface area contributed by atoms with E-state index in [9.17, 15) is 17.9 Å². The molecular formula is C20H23BrFNO4S. The van der Waals surface area contributed by atoms with Gasteiger partial charge in [-0.15, -0.1) is 0 Å². The third-order valence-electron chi connectivity index (χ3n) is 5.06. The van der Waals surface area contributed by atoms with Gasteiger partial charge >= 0.3 is 0 Å². The van der Waals surface area contributed by atoms with Crippen molar-refractivity contribution in [2.24, 2.45) is 0 Å². The lowest BCUT2D eigenvalue weighted by Crippen LogP contribution is -2.51. The first-order chi connectivity index (χ1) is 13.3. The maximum atomic E-state index is 14.1. The first-order valence-electron chi connectivity index (χ1n) is 9.11. The Balaban J connectivity index is 1.93. The van der Waals surface area contributed by atoms with Gasteiger partial charge in [0.25, 0.3) is 0 Å². The molecule has 0 saturated carbocycles. The zero-order valence-corrected chi connectivity index (χ0v) is 17.9. The molecule has 0 amide bonds. The summed E-state index contributed by atoms with van der Waals surface area (Å²) in [6.07, 6.45) is 1.44. The monoisotopic (exact) mass is 471 g/mol. The van der Waals surface area contributed by atoms with Crippen molar-refractivity contribution in [3.63, 3.8) is 0 Å². The van der Waals surface area contributed by atoms with Crippen LogP contribution in [0.3, 0.4) is 0 Å². The van der Waals surface area contributed by atoms with Gasteiger partial charge in [0, 0.05) is 6.54 Å². The van der Waals surface area contributed by atoms with Gasteiger partial charge in [-0.2, -0.15) is 4.31 Å². The molecule has 152 valence electrons. The van der Waals surface area contributed by atoms with Crippen LogP contribution in [-0.4, -0.2) is 43.6 Å². The van der Waals surface area contributed by atoms with Crippen molar-refractivity contribution in [2.45, 2.75) is 42.7 Å². The lowest BCUT2D eigenvalue weighted by atomic mass is 9.95. The number of piperidine rings is 1. The number of sulfonamides is 1. The molecule has 2 aromatic rings. The number of benzene rings is 2. The van der Waals surface area contributed by atoms with Crippen LogP contribution in [0.5, 0.6) is 5.75 Å². The molecule has 2 aromatic carbocycles. The number of aliphatic hydroxyl groups excluding tert-OH is 1. The average Bonchev–Trinajstić information content (AvgIpc) is 2.69. The third kappa shape index (κ3) is 4.40. The van der Waals surface area contributed by atoms with Crippen molar-refractivity contribution in [1.82, 2.24) is 4.31 Å². The summed E-state index contributed by atoms with van der Waals surface area (Å²) in [6.45, 7) is 0.277. The fourth-order valence-electron chi connectivity index (χ4n) is 3.60. The summed E-state index contributed by atoms with van der Waals surface area (Å²) in [5, 5.41) is 10.5. The van der Waals surface area contributed by atoms with Crippen molar-refractivity contribution >= 4 is 26.0 Å². The Morgan fingerprint density at radius 3 is 2.68 bits per heavy atom. The first-order valence-corrected chi connectivity index (χ1v) is 11.3. The summed E-state index contributed by atoms with van der Waals surface area (Å²) in [7, 11) is -2.70. The van der Waals surface area contributed by atoms with E-state index in [1.54, 1.807) is 0 Å². The van der Waals surface area contributed by atoms with Crippen LogP contribution in [0.25, 0.3) is 0 Å². The van der Waals surface area contributed by atoms with Crippen LogP contribution in [-0.2, 0) is 16.4 Å². The van der Waals surface area contributed by atoms with Gasteiger partial charge in [-0.1, -0.05) is 30.3 Å². The Kier molecular flexibility index (Phi) is 6.75. The average molecular weight is 472 g/mol. The minimum Gasteiger partial charge on any atom is -0.495 e. The van der Waals surface area contributed by atoms with E-state index >= 15 is 0 Å². The van der Waals surface area contributed by atoms with E-state index < -0.39 is 28.0 Å². The number of aryl methyl sites for hydroxylation is 1. The minimum absolute atomic E-state index is 0.0650. The van der Waals surface area contributed by atoms with Crippen LogP contribution in [0.15, 0.2) is 51.8 Å². The fraction of sp³-hybridized carbons (Fsp3) is 0.400. The molecule has 1 saturated heterocycles. The minimum atomic E-state index is -4.04. The molecule has 1 aliphatic heterocycles. The second kappa shape index (κ2) is 8.90. The van der Waals surface area contributed by atoms with Crippen LogP contribution in [0.1, 0.15) is 24.8 Å². The number of aliphatic hydroxyl groups is 1. The normalized spacial score (nSPS) is 20.9. The number of nitrogens with zero attached hydrogens (tertiary/aromatic N) is 1. The molecule has 5 nitrogen and oxygen atoms in total. The van der Waals surface area contributed by atoms with Gasteiger partial charge in [0.1, 0.15) is 16.5 Å². The highest BCUT2D eigenvalue weighted by molar-refractivity contribution is 9.10. The predicted molar refractivity (Wildman–Crippen MR) is 108 cm³/mol. The smallest absolute Gasteiger partial charge is 0.247 e. The second-order valence-corrected chi connectivity index (χ2v) is 9.55. The first kappa shape index (κ1) is 21.2. The maximum Gasteiger partial charge on any atom is 0.247 e. The summed E-state index contributed by atoms with van der Waals surface area (Å²) in [6, 6.07) is 11.4. The predicted octanol–water partition coefficient (Wildman–Crippen LogP) is 3.74. The maximum absolute atomic E-state index is 14.1. The molecule has 0 aliphatic carbocycles. The van der Waals surface area contributed by atoms with Gasteiger partial charge in [-0.25, -0.2) is 12.8 Å². The number of rotatable bonds is 6. The Morgan fingerprint density at radius 2 is 2.00 bits per heavy atom. The molecule has 28 heavy (non-hydrogen) atoms. The molecule has 1 heterocycles. The topological polar surface area (TPSA) is 66.8 Å². The molecule has 1 N–H and O–H groups in total. The van der Waals surface area contributed by atoms with Crippen molar-refractivity contribution in [2.75, 3.05) is 13.7 Å². The number of hydrogen-bond acceptors (Lipinski definition) is 4. The number of methoxy groups -OCH3 is 1. The lowest BCUT2D eigenvalue weighted by Gasteiger charge is -2.38. The standard InChI is InChI=1S/C20H23BrFNO4S/c1-27-19-12-15(21)16(22)13-20(19)28(25,26)23-11-5-8-18(24)17(23)10-9-14-6-3-2-4-7-14/h2-4,6-7,12-13,17-18,24H,5,8-11H2,1H3. The van der Waals surface area contributed by atoms with Crippen molar-refractivity contribution in [1.29, 1.82) is 0 Å². The molecule has 3 rings (SSSR count). The highest BCUT2D eigenvalue weighted by atomic mass is 79.9. The van der Waals surface area contributed by atoms with Gasteiger partial charge < -0.3 is 9.84 Å². The molecule has 0 aromatic heterocycles. The summed E-state index contributed by atoms with van der Waals surface area (Å²) in [5.41, 5.74) is 1.07. The zero-order valence-electron chi connectivity index (χ0n) is 15.5. The summed E-state index contributed by atoms with van der Waals surface area (Å²) < 4.78 is 47.4. The molecule has 1 aliphatic rings. The highest BCUT2D eigenvalue weighted by Gasteiger charge is 2.39. The Morgan fingerprint density at radius 1 is 1.29 bits per heavy atom. The van der Waals surface area contributed by atoms with E-state index in [1.807, 2.05) is 30.3 Å². The molecule has 0 spiro atoms. The van der Waals surface area contributed by atoms with Crippen molar-refractivity contribution in [3.8, 4) is 5.75 Å². The van der Waals surface area contributed by atoms with E-state index in [1.165, 1.54) is 17.5 Å². The van der Waals surface area contributed by atoms with E-state index in [0.29, 0.717) is 25.7 Å². The summed E-state index contributed by atoms with van der Waals surface area (Å²) in [4.78, 5) is -0.227. The largest absolute Gasteiger partial charge is 0.495 e. The molecule has 0 bridgehead atoms. The van der Waals surface area contributed by atoms with Gasteiger partial charge in [0.2, 0.25) is 10.0 Å². The van der Waals surface area contributed by atoms with Crippen molar-refractivity contribution in [3.05, 3.63) is 58.3 Å². The Bertz CT molecular complexity index is 923. The fourth-order valence-corrected chi connectivity index (χ4v) is 5.79. The van der Waals surface area contributed by atoms with E-state index in [-0.39, 0.29) is 21.7 Å². The quantitative estimate of drug-likeness (QED) is 0.696. The van der Waals surface area contributed by atoms with Gasteiger partial charge in [0.15, 0.2) is 0 Å². The van der Waals surface area contributed by atoms with Gasteiger partial charge in [0.05, 0.1) is 23.7 Å². The molecule has 1 fully saturated rings. The van der Waals surface area contributed by atoms with E-state index in [4.69, 9.17) is 4.74 Å². The van der Waals surface area contributed by atoms with E-state index in [2.05, 4.69) is 15.9 Å². The summed E-state index contributed by atoms with van der Waals surface area (Å²) in [5.74, 6) is -0.618. The highest BCUT2D eigenvalue weighted by Crippen LogP contribution is 2.35. The number of ether oxygens (including phenoxy) is 1. The molecular weight excluding hydrogens is 449 g/mol. The van der Waals surface area contributed by atoms with Crippen LogP contribution in [0, 0.1) is 5.82 Å². The van der Waals surface area contributed by atoms with Crippen LogP contribution < -0.4 is 4.74 Å². The molecule has 2 unspecified atom stereocenters. The number of hydrogen-bond donors (Lipinski definition) is 1.